The molecule has 0 aliphatic carbocycles. The van der Waals surface area contributed by atoms with E-state index < -0.39 is 0 Å². The van der Waals surface area contributed by atoms with Crippen LogP contribution in [-0.4, -0.2) is 22.2 Å². The zero-order chi connectivity index (χ0) is 9.10. The molecule has 0 fully saturated rings. The molecule has 2 heterocycles. The first-order chi connectivity index (χ1) is 6.40. The van der Waals surface area contributed by atoms with Crippen molar-refractivity contribution < 1.29 is 0 Å². The van der Waals surface area contributed by atoms with Crippen LogP contribution >= 0.6 is 11.3 Å². The van der Waals surface area contributed by atoms with E-state index in [4.69, 9.17) is 0 Å². The highest BCUT2D eigenvalue weighted by Crippen LogP contribution is 2.19. The maximum atomic E-state index is 4.18. The van der Waals surface area contributed by atoms with Gasteiger partial charge in [0.15, 0.2) is 0 Å². The Morgan fingerprint density at radius 1 is 1.62 bits per heavy atom. The largest absolute Gasteiger partial charge is 0.314 e. The summed E-state index contributed by atoms with van der Waals surface area (Å²) in [5.74, 6) is 0. The first kappa shape index (κ1) is 8.40. The molecule has 0 saturated heterocycles. The van der Waals surface area contributed by atoms with Gasteiger partial charge >= 0.3 is 0 Å². The summed E-state index contributed by atoms with van der Waals surface area (Å²) in [6, 6.07) is 2.01. The summed E-state index contributed by atoms with van der Waals surface area (Å²) in [5.41, 5.74) is 1.99. The smallest absolute Gasteiger partial charge is 0.143 e. The van der Waals surface area contributed by atoms with Gasteiger partial charge in [-0.2, -0.15) is 5.10 Å². The van der Waals surface area contributed by atoms with Crippen LogP contribution in [0.5, 0.6) is 0 Å². The Labute approximate surface area is 80.0 Å². The molecule has 68 valence electrons. The van der Waals surface area contributed by atoms with Gasteiger partial charge < -0.3 is 5.32 Å². The van der Waals surface area contributed by atoms with Crippen molar-refractivity contribution >= 4 is 11.3 Å². The minimum absolute atomic E-state index is 0.804. The van der Waals surface area contributed by atoms with E-state index in [9.17, 15) is 0 Å². The minimum atomic E-state index is 0.804. The van der Waals surface area contributed by atoms with E-state index in [1.54, 1.807) is 17.5 Å². The maximum Gasteiger partial charge on any atom is 0.143 e. The third-order valence-electron chi connectivity index (χ3n) is 1.65. The zero-order valence-electron chi connectivity index (χ0n) is 7.24. The van der Waals surface area contributed by atoms with Gasteiger partial charge in [-0.15, -0.1) is 11.3 Å². The van der Waals surface area contributed by atoms with Crippen LogP contribution < -0.4 is 5.32 Å². The Balaban J connectivity index is 2.23. The van der Waals surface area contributed by atoms with Crippen molar-refractivity contribution in [3.63, 3.8) is 0 Å². The van der Waals surface area contributed by atoms with Crippen LogP contribution in [0.2, 0.25) is 0 Å². The van der Waals surface area contributed by atoms with Crippen molar-refractivity contribution in [1.82, 2.24) is 20.5 Å². The second-order valence-corrected chi connectivity index (χ2v) is 3.54. The minimum Gasteiger partial charge on any atom is -0.314 e. The average molecular weight is 194 g/mol. The van der Waals surface area contributed by atoms with Gasteiger partial charge in [0, 0.05) is 23.8 Å². The first-order valence-electron chi connectivity index (χ1n) is 3.99. The lowest BCUT2D eigenvalue weighted by Gasteiger charge is -1.90. The molecule has 2 aromatic rings. The van der Waals surface area contributed by atoms with E-state index in [2.05, 4.69) is 20.5 Å². The quantitative estimate of drug-likeness (QED) is 0.773. The Kier molecular flexibility index (Phi) is 2.37. The topological polar surface area (TPSA) is 53.6 Å². The van der Waals surface area contributed by atoms with E-state index in [0.717, 1.165) is 22.9 Å². The fourth-order valence-corrected chi connectivity index (χ4v) is 1.70. The molecule has 0 bridgehead atoms. The molecule has 0 unspecified atom stereocenters. The van der Waals surface area contributed by atoms with Crippen LogP contribution in [0.25, 0.3) is 10.7 Å². The number of thiazole rings is 1. The zero-order valence-corrected chi connectivity index (χ0v) is 8.06. The normalized spacial score (nSPS) is 10.5. The van der Waals surface area contributed by atoms with Gasteiger partial charge in [-0.3, -0.25) is 5.10 Å². The molecule has 4 nitrogen and oxygen atoms in total. The van der Waals surface area contributed by atoms with Crippen LogP contribution in [0.15, 0.2) is 17.6 Å². The van der Waals surface area contributed by atoms with Crippen molar-refractivity contribution in [3.05, 3.63) is 23.3 Å². The monoisotopic (exact) mass is 194 g/mol. The molecule has 0 aliphatic heterocycles. The standard InChI is InChI=1S/C8H10N4S/c1-9-5-6-4-7(12-11-6)8-10-2-3-13-8/h2-4,9H,5H2,1H3,(H,11,12). The summed E-state index contributed by atoms with van der Waals surface area (Å²) in [6.45, 7) is 0.804. The fourth-order valence-electron chi connectivity index (χ4n) is 1.10. The lowest BCUT2D eigenvalue weighted by atomic mass is 10.3. The molecule has 0 aliphatic rings. The predicted molar refractivity (Wildman–Crippen MR) is 52.5 cm³/mol. The SMILES string of the molecule is CNCc1cc(-c2nccs2)n[nH]1. The first-order valence-corrected chi connectivity index (χ1v) is 4.87. The third kappa shape index (κ3) is 1.76. The molecule has 0 saturated carbocycles. The van der Waals surface area contributed by atoms with E-state index in [1.165, 1.54) is 0 Å². The van der Waals surface area contributed by atoms with Crippen LogP contribution in [0.4, 0.5) is 0 Å². The second kappa shape index (κ2) is 3.68. The van der Waals surface area contributed by atoms with Gasteiger partial charge in [0.25, 0.3) is 0 Å². The van der Waals surface area contributed by atoms with Gasteiger partial charge in [-0.25, -0.2) is 4.98 Å². The molecule has 0 aromatic carbocycles. The van der Waals surface area contributed by atoms with Gasteiger partial charge in [0.1, 0.15) is 10.7 Å². The molecular formula is C8H10N4S. The molecule has 2 rings (SSSR count). The van der Waals surface area contributed by atoms with Crippen molar-refractivity contribution in [2.24, 2.45) is 0 Å². The molecule has 0 spiro atoms. The third-order valence-corrected chi connectivity index (χ3v) is 2.45. The number of nitrogens with one attached hydrogen (secondary N) is 2. The molecular weight excluding hydrogens is 184 g/mol. The second-order valence-electron chi connectivity index (χ2n) is 2.65. The average Bonchev–Trinajstić information content (AvgIpc) is 2.70. The summed E-state index contributed by atoms with van der Waals surface area (Å²) < 4.78 is 0. The molecule has 0 radical (unpaired) electrons. The van der Waals surface area contributed by atoms with Gasteiger partial charge in [0.05, 0.1) is 0 Å². The molecule has 13 heavy (non-hydrogen) atoms. The Morgan fingerprint density at radius 3 is 3.23 bits per heavy atom. The van der Waals surface area contributed by atoms with Crippen LogP contribution in [-0.2, 0) is 6.54 Å². The summed E-state index contributed by atoms with van der Waals surface area (Å²) in [4.78, 5) is 4.18. The number of hydrogen-bond acceptors (Lipinski definition) is 4. The van der Waals surface area contributed by atoms with Crippen molar-refractivity contribution in [2.45, 2.75) is 6.54 Å². The van der Waals surface area contributed by atoms with Crippen molar-refractivity contribution in [2.75, 3.05) is 7.05 Å². The predicted octanol–water partition coefficient (Wildman–Crippen LogP) is 1.25. The number of aromatic amines is 1. The molecule has 0 amide bonds. The highest BCUT2D eigenvalue weighted by molar-refractivity contribution is 7.13. The molecule has 2 N–H and O–H groups in total. The van der Waals surface area contributed by atoms with Crippen molar-refractivity contribution in [3.8, 4) is 10.7 Å². The highest BCUT2D eigenvalue weighted by Gasteiger charge is 2.04. The van der Waals surface area contributed by atoms with E-state index >= 15 is 0 Å². The van der Waals surface area contributed by atoms with Gasteiger partial charge in [-0.05, 0) is 13.1 Å². The number of H-pyrrole nitrogens is 1. The number of nitrogens with zero attached hydrogens (tertiary/aromatic N) is 2. The van der Waals surface area contributed by atoms with Crippen LogP contribution in [0.1, 0.15) is 5.69 Å². The van der Waals surface area contributed by atoms with E-state index in [0.29, 0.717) is 0 Å². The lowest BCUT2D eigenvalue weighted by Crippen LogP contribution is -2.04. The summed E-state index contributed by atoms with van der Waals surface area (Å²) >= 11 is 1.59. The van der Waals surface area contributed by atoms with Crippen LogP contribution in [0, 0.1) is 0 Å². The summed E-state index contributed by atoms with van der Waals surface area (Å²) in [6.07, 6.45) is 1.78. The maximum absolute atomic E-state index is 4.18. The van der Waals surface area contributed by atoms with Crippen LogP contribution in [0.3, 0.4) is 0 Å². The molecule has 0 atom stereocenters. The lowest BCUT2D eigenvalue weighted by molar-refractivity contribution is 0.784. The fraction of sp³-hybridized carbons (Fsp3) is 0.250. The summed E-state index contributed by atoms with van der Waals surface area (Å²) in [7, 11) is 1.91. The van der Waals surface area contributed by atoms with E-state index in [-0.39, 0.29) is 0 Å². The Hall–Kier alpha value is -1.20. The van der Waals surface area contributed by atoms with E-state index in [1.807, 2.05) is 18.5 Å². The van der Waals surface area contributed by atoms with Gasteiger partial charge in [-0.1, -0.05) is 0 Å². The molecule has 5 heteroatoms. The molecule has 2 aromatic heterocycles. The number of hydrogen-bond donors (Lipinski definition) is 2. The number of aromatic nitrogens is 3. The summed E-state index contributed by atoms with van der Waals surface area (Å²) in [5, 5.41) is 13.1. The highest BCUT2D eigenvalue weighted by atomic mass is 32.1. The Morgan fingerprint density at radius 2 is 2.54 bits per heavy atom. The number of rotatable bonds is 3. The Bertz CT molecular complexity index is 365. The van der Waals surface area contributed by atoms with Crippen molar-refractivity contribution in [1.29, 1.82) is 0 Å². The van der Waals surface area contributed by atoms with Gasteiger partial charge in [0.2, 0.25) is 0 Å².